The smallest absolute Gasteiger partial charge is 0.0600 e. The molecule has 1 fully saturated rings. The van der Waals surface area contributed by atoms with Crippen LogP contribution in [-0.2, 0) is 0 Å². The molecule has 2 aromatic carbocycles. The van der Waals surface area contributed by atoms with Gasteiger partial charge in [0.15, 0.2) is 0 Å². The van der Waals surface area contributed by atoms with Gasteiger partial charge in [0, 0.05) is 22.6 Å². The summed E-state index contributed by atoms with van der Waals surface area (Å²) < 4.78 is 1.19. The molecule has 1 saturated heterocycles. The molecule has 2 nitrogen and oxygen atoms in total. The maximum Gasteiger partial charge on any atom is 0.0600 e. The molecule has 1 atom stereocenters. The van der Waals surface area contributed by atoms with Crippen molar-refractivity contribution in [3.8, 4) is 0 Å². The summed E-state index contributed by atoms with van der Waals surface area (Å²) in [6.07, 6.45) is 1.20. The summed E-state index contributed by atoms with van der Waals surface area (Å²) in [6, 6.07) is 17.1. The summed E-state index contributed by atoms with van der Waals surface area (Å²) in [6.45, 7) is 2.15. The van der Waals surface area contributed by atoms with Crippen LogP contribution in [0.4, 0.5) is 11.4 Å². The predicted octanol–water partition coefficient (Wildman–Crippen LogP) is 3.87. The monoisotopic (exact) mass is 364 g/mol. The average molecular weight is 364 g/mol. The molecule has 2 aromatic rings. The SMILES string of the molecule is Nc1cc(I)ccc1N1CCC(c2ccccc2)C1. The first-order valence-corrected chi connectivity index (χ1v) is 7.67. The number of anilines is 2. The normalized spacial score (nSPS) is 18.8. The van der Waals surface area contributed by atoms with Crippen molar-refractivity contribution in [1.82, 2.24) is 0 Å². The van der Waals surface area contributed by atoms with Gasteiger partial charge in [0.05, 0.1) is 11.4 Å². The van der Waals surface area contributed by atoms with Gasteiger partial charge < -0.3 is 10.6 Å². The largest absolute Gasteiger partial charge is 0.397 e. The third kappa shape index (κ3) is 2.71. The standard InChI is InChI=1S/C16H17IN2/c17-14-6-7-16(15(18)10-14)19-9-8-13(11-19)12-4-2-1-3-5-12/h1-7,10,13H,8-9,11,18H2. The van der Waals surface area contributed by atoms with Gasteiger partial charge in [0.2, 0.25) is 0 Å². The van der Waals surface area contributed by atoms with Crippen molar-refractivity contribution in [1.29, 1.82) is 0 Å². The maximum atomic E-state index is 6.14. The molecule has 3 heteroatoms. The van der Waals surface area contributed by atoms with Crippen LogP contribution in [0.1, 0.15) is 17.9 Å². The highest BCUT2D eigenvalue weighted by Crippen LogP contribution is 2.33. The maximum absolute atomic E-state index is 6.14. The highest BCUT2D eigenvalue weighted by Gasteiger charge is 2.24. The zero-order chi connectivity index (χ0) is 13.2. The first kappa shape index (κ1) is 12.8. The first-order valence-electron chi connectivity index (χ1n) is 6.59. The van der Waals surface area contributed by atoms with Gasteiger partial charge in [0.1, 0.15) is 0 Å². The van der Waals surface area contributed by atoms with Crippen LogP contribution in [0.25, 0.3) is 0 Å². The van der Waals surface area contributed by atoms with Gasteiger partial charge in [-0.2, -0.15) is 0 Å². The predicted molar refractivity (Wildman–Crippen MR) is 89.6 cm³/mol. The van der Waals surface area contributed by atoms with Crippen molar-refractivity contribution in [3.05, 3.63) is 57.7 Å². The Morgan fingerprint density at radius 2 is 1.89 bits per heavy atom. The van der Waals surface area contributed by atoms with Gasteiger partial charge in [-0.05, 0) is 52.8 Å². The van der Waals surface area contributed by atoms with E-state index in [4.69, 9.17) is 5.73 Å². The fourth-order valence-electron chi connectivity index (χ4n) is 2.79. The number of halogens is 1. The van der Waals surface area contributed by atoms with Crippen molar-refractivity contribution < 1.29 is 0 Å². The molecule has 1 unspecified atom stereocenters. The molecular weight excluding hydrogens is 347 g/mol. The zero-order valence-electron chi connectivity index (χ0n) is 10.7. The Kier molecular flexibility index (Phi) is 3.64. The van der Waals surface area contributed by atoms with E-state index in [0.29, 0.717) is 5.92 Å². The molecule has 0 spiro atoms. The molecule has 0 saturated carbocycles. The van der Waals surface area contributed by atoms with Gasteiger partial charge >= 0.3 is 0 Å². The van der Waals surface area contributed by atoms with Crippen molar-refractivity contribution >= 4 is 34.0 Å². The number of nitrogen functional groups attached to an aromatic ring is 1. The summed E-state index contributed by atoms with van der Waals surface area (Å²) in [4.78, 5) is 2.41. The quantitative estimate of drug-likeness (QED) is 0.648. The Hall–Kier alpha value is -1.23. The van der Waals surface area contributed by atoms with Crippen molar-refractivity contribution in [3.63, 3.8) is 0 Å². The molecule has 98 valence electrons. The van der Waals surface area contributed by atoms with Gasteiger partial charge in [0.25, 0.3) is 0 Å². The molecule has 0 aliphatic carbocycles. The molecule has 1 aliphatic rings. The average Bonchev–Trinajstić information content (AvgIpc) is 2.89. The Morgan fingerprint density at radius 1 is 1.11 bits per heavy atom. The molecular formula is C16H17IN2. The fraction of sp³-hybridized carbons (Fsp3) is 0.250. The van der Waals surface area contributed by atoms with Crippen LogP contribution in [-0.4, -0.2) is 13.1 Å². The van der Waals surface area contributed by atoms with Crippen molar-refractivity contribution in [2.24, 2.45) is 0 Å². The van der Waals surface area contributed by atoms with E-state index in [1.807, 2.05) is 6.07 Å². The molecule has 0 amide bonds. The van der Waals surface area contributed by atoms with Gasteiger partial charge in [-0.25, -0.2) is 0 Å². The van der Waals surface area contributed by atoms with E-state index in [0.717, 1.165) is 18.8 Å². The van der Waals surface area contributed by atoms with E-state index >= 15 is 0 Å². The Bertz CT molecular complexity index is 568. The second kappa shape index (κ2) is 5.41. The second-order valence-electron chi connectivity index (χ2n) is 5.05. The second-order valence-corrected chi connectivity index (χ2v) is 6.29. The zero-order valence-corrected chi connectivity index (χ0v) is 12.9. The van der Waals surface area contributed by atoms with Gasteiger partial charge in [-0.1, -0.05) is 30.3 Å². The summed E-state index contributed by atoms with van der Waals surface area (Å²) in [7, 11) is 0. The molecule has 3 rings (SSSR count). The summed E-state index contributed by atoms with van der Waals surface area (Å²) >= 11 is 2.30. The number of nitrogens with two attached hydrogens (primary N) is 1. The Balaban J connectivity index is 1.79. The van der Waals surface area contributed by atoms with Crippen LogP contribution < -0.4 is 10.6 Å². The minimum atomic E-state index is 0.625. The van der Waals surface area contributed by atoms with Crippen LogP contribution >= 0.6 is 22.6 Å². The lowest BCUT2D eigenvalue weighted by molar-refractivity contribution is 0.775. The van der Waals surface area contributed by atoms with E-state index < -0.39 is 0 Å². The lowest BCUT2D eigenvalue weighted by Crippen LogP contribution is -2.20. The molecule has 0 bridgehead atoms. The van der Waals surface area contributed by atoms with E-state index in [-0.39, 0.29) is 0 Å². The molecule has 0 aromatic heterocycles. The number of nitrogens with zero attached hydrogens (tertiary/aromatic N) is 1. The summed E-state index contributed by atoms with van der Waals surface area (Å²) in [5.41, 5.74) is 9.65. The molecule has 1 aliphatic heterocycles. The Morgan fingerprint density at radius 3 is 2.63 bits per heavy atom. The van der Waals surface area contributed by atoms with Crippen LogP contribution in [0.15, 0.2) is 48.5 Å². The Labute approximate surface area is 127 Å². The van der Waals surface area contributed by atoms with E-state index in [9.17, 15) is 0 Å². The highest BCUT2D eigenvalue weighted by molar-refractivity contribution is 14.1. The van der Waals surface area contributed by atoms with Crippen LogP contribution in [0.3, 0.4) is 0 Å². The number of benzene rings is 2. The minimum Gasteiger partial charge on any atom is -0.397 e. The van der Waals surface area contributed by atoms with Crippen LogP contribution in [0.2, 0.25) is 0 Å². The number of rotatable bonds is 2. The molecule has 0 radical (unpaired) electrons. The number of hydrogen-bond donors (Lipinski definition) is 1. The first-order chi connectivity index (χ1) is 9.24. The number of hydrogen-bond acceptors (Lipinski definition) is 2. The third-order valence-corrected chi connectivity index (χ3v) is 4.46. The summed E-state index contributed by atoms with van der Waals surface area (Å²) in [5.74, 6) is 0.625. The minimum absolute atomic E-state index is 0.625. The van der Waals surface area contributed by atoms with Gasteiger partial charge in [-0.15, -0.1) is 0 Å². The summed E-state index contributed by atoms with van der Waals surface area (Å²) in [5, 5.41) is 0. The lowest BCUT2D eigenvalue weighted by Gasteiger charge is -2.21. The van der Waals surface area contributed by atoms with Crippen LogP contribution in [0.5, 0.6) is 0 Å². The van der Waals surface area contributed by atoms with E-state index in [1.54, 1.807) is 0 Å². The molecule has 1 heterocycles. The van der Waals surface area contributed by atoms with E-state index in [1.165, 1.54) is 21.2 Å². The van der Waals surface area contributed by atoms with Crippen LogP contribution in [0, 0.1) is 3.57 Å². The fourth-order valence-corrected chi connectivity index (χ4v) is 3.31. The third-order valence-electron chi connectivity index (χ3n) is 3.79. The van der Waals surface area contributed by atoms with Gasteiger partial charge in [-0.3, -0.25) is 0 Å². The van der Waals surface area contributed by atoms with Crippen molar-refractivity contribution in [2.75, 3.05) is 23.7 Å². The van der Waals surface area contributed by atoms with E-state index in [2.05, 4.69) is 70.0 Å². The lowest BCUT2D eigenvalue weighted by atomic mass is 9.99. The van der Waals surface area contributed by atoms with Crippen molar-refractivity contribution in [2.45, 2.75) is 12.3 Å². The molecule has 2 N–H and O–H groups in total. The molecule has 19 heavy (non-hydrogen) atoms. The highest BCUT2D eigenvalue weighted by atomic mass is 127. The topological polar surface area (TPSA) is 29.3 Å².